The van der Waals surface area contributed by atoms with Crippen molar-refractivity contribution in [1.29, 1.82) is 0 Å². The summed E-state index contributed by atoms with van der Waals surface area (Å²) in [6.07, 6.45) is 12.8. The molecule has 2 unspecified atom stereocenters. The van der Waals surface area contributed by atoms with E-state index in [4.69, 9.17) is 9.47 Å². The van der Waals surface area contributed by atoms with E-state index in [1.807, 2.05) is 6.08 Å². The Balaban J connectivity index is 2.27. The van der Waals surface area contributed by atoms with Gasteiger partial charge in [-0.05, 0) is 19.3 Å². The van der Waals surface area contributed by atoms with Crippen molar-refractivity contribution in [2.75, 3.05) is 13.2 Å². The van der Waals surface area contributed by atoms with Crippen LogP contribution in [0.5, 0.6) is 0 Å². The molecule has 0 aliphatic heterocycles. The van der Waals surface area contributed by atoms with Crippen LogP contribution in [0.2, 0.25) is 0 Å². The van der Waals surface area contributed by atoms with Gasteiger partial charge in [0.05, 0.1) is 25.0 Å². The van der Waals surface area contributed by atoms with Gasteiger partial charge in [0.1, 0.15) is 0 Å². The van der Waals surface area contributed by atoms with Crippen molar-refractivity contribution in [2.24, 2.45) is 11.8 Å². The van der Waals surface area contributed by atoms with E-state index in [0.29, 0.717) is 19.6 Å². The van der Waals surface area contributed by atoms with Crippen LogP contribution in [0.25, 0.3) is 0 Å². The zero-order valence-corrected chi connectivity index (χ0v) is 14.7. The van der Waals surface area contributed by atoms with Gasteiger partial charge in [-0.25, -0.2) is 0 Å². The largest absolute Gasteiger partial charge is 0.465 e. The fourth-order valence-electron chi connectivity index (χ4n) is 2.74. The molecule has 0 aromatic carbocycles. The number of carbonyl (C=O) groups excluding carboxylic acids is 2. The average molecular weight is 324 g/mol. The van der Waals surface area contributed by atoms with Crippen molar-refractivity contribution in [1.82, 2.24) is 0 Å². The zero-order valence-electron chi connectivity index (χ0n) is 14.7. The summed E-state index contributed by atoms with van der Waals surface area (Å²) >= 11 is 0. The lowest BCUT2D eigenvalue weighted by Crippen LogP contribution is -2.29. The highest BCUT2D eigenvalue weighted by atomic mass is 16.5. The Hall–Kier alpha value is -1.32. The minimum absolute atomic E-state index is 0.264. The Bertz CT molecular complexity index is 376. The number of carbonyl (C=O) groups is 2. The molecule has 0 saturated heterocycles. The van der Waals surface area contributed by atoms with E-state index in [1.165, 1.54) is 0 Å². The smallest absolute Gasteiger partial charge is 0.313 e. The standard InChI is InChI=1S/C19H32O4/c1-3-5-7-9-14-22-18(20)16-12-11-13-17(16)19(21)23-15-10-8-6-4-2/h11-12,16-17H,3-10,13-15H2,1-2H3. The van der Waals surface area contributed by atoms with Crippen LogP contribution in [0.15, 0.2) is 12.2 Å². The molecule has 0 radical (unpaired) electrons. The molecule has 0 amide bonds. The van der Waals surface area contributed by atoms with E-state index in [-0.39, 0.29) is 11.9 Å². The Morgan fingerprint density at radius 2 is 1.43 bits per heavy atom. The summed E-state index contributed by atoms with van der Waals surface area (Å²) in [5.74, 6) is -1.42. The summed E-state index contributed by atoms with van der Waals surface area (Å²) in [6, 6.07) is 0. The SMILES string of the molecule is CCCCCCOC(=O)C1C=CCC1C(=O)OCCCCCC. The quantitative estimate of drug-likeness (QED) is 0.303. The van der Waals surface area contributed by atoms with Crippen LogP contribution in [0, 0.1) is 11.8 Å². The van der Waals surface area contributed by atoms with E-state index in [2.05, 4.69) is 13.8 Å². The molecule has 1 aliphatic rings. The molecule has 0 saturated carbocycles. The van der Waals surface area contributed by atoms with Crippen LogP contribution in [0.4, 0.5) is 0 Å². The second-order valence-electron chi connectivity index (χ2n) is 6.25. The van der Waals surface area contributed by atoms with Crippen molar-refractivity contribution in [2.45, 2.75) is 71.6 Å². The monoisotopic (exact) mass is 324 g/mol. The van der Waals surface area contributed by atoms with E-state index in [0.717, 1.165) is 51.4 Å². The maximum Gasteiger partial charge on any atom is 0.313 e. The van der Waals surface area contributed by atoms with Crippen molar-refractivity contribution in [3.63, 3.8) is 0 Å². The topological polar surface area (TPSA) is 52.6 Å². The van der Waals surface area contributed by atoms with Crippen molar-refractivity contribution in [3.8, 4) is 0 Å². The first-order valence-electron chi connectivity index (χ1n) is 9.20. The predicted molar refractivity (Wildman–Crippen MR) is 90.9 cm³/mol. The van der Waals surface area contributed by atoms with Gasteiger partial charge in [-0.15, -0.1) is 0 Å². The van der Waals surface area contributed by atoms with Crippen molar-refractivity contribution < 1.29 is 19.1 Å². The lowest BCUT2D eigenvalue weighted by molar-refractivity contribution is -0.158. The molecule has 0 N–H and O–H groups in total. The van der Waals surface area contributed by atoms with Gasteiger partial charge < -0.3 is 9.47 Å². The predicted octanol–water partition coefficient (Wildman–Crippen LogP) is 4.43. The summed E-state index contributed by atoms with van der Waals surface area (Å²) in [5, 5.41) is 0. The van der Waals surface area contributed by atoms with Crippen LogP contribution in [0.1, 0.15) is 71.6 Å². The van der Waals surface area contributed by atoms with Crippen LogP contribution < -0.4 is 0 Å². The summed E-state index contributed by atoms with van der Waals surface area (Å²) in [4.78, 5) is 24.3. The van der Waals surface area contributed by atoms with Gasteiger partial charge in [-0.1, -0.05) is 64.5 Å². The lowest BCUT2D eigenvalue weighted by Gasteiger charge is -2.17. The van der Waals surface area contributed by atoms with E-state index < -0.39 is 11.8 Å². The van der Waals surface area contributed by atoms with Crippen LogP contribution in [0.3, 0.4) is 0 Å². The van der Waals surface area contributed by atoms with Gasteiger partial charge in [0, 0.05) is 0 Å². The third-order valence-corrected chi connectivity index (χ3v) is 4.23. The van der Waals surface area contributed by atoms with Gasteiger partial charge in [-0.3, -0.25) is 9.59 Å². The van der Waals surface area contributed by atoms with Crippen LogP contribution >= 0.6 is 0 Å². The first-order chi connectivity index (χ1) is 11.2. The minimum atomic E-state index is -0.468. The summed E-state index contributed by atoms with van der Waals surface area (Å²) < 4.78 is 10.6. The molecule has 1 aliphatic carbocycles. The lowest BCUT2D eigenvalue weighted by atomic mass is 9.96. The summed E-state index contributed by atoms with van der Waals surface area (Å²) in [6.45, 7) is 5.19. The molecule has 4 nitrogen and oxygen atoms in total. The second-order valence-corrected chi connectivity index (χ2v) is 6.25. The molecule has 2 atom stereocenters. The number of unbranched alkanes of at least 4 members (excludes halogenated alkanes) is 6. The molecule has 132 valence electrons. The molecular formula is C19H32O4. The molecule has 0 spiro atoms. The normalized spacial score (nSPS) is 19.7. The van der Waals surface area contributed by atoms with Gasteiger partial charge in [-0.2, -0.15) is 0 Å². The molecule has 0 heterocycles. The van der Waals surface area contributed by atoms with Crippen LogP contribution in [-0.2, 0) is 19.1 Å². The molecule has 0 aromatic rings. The second kappa shape index (κ2) is 12.1. The number of ether oxygens (including phenoxy) is 2. The number of esters is 2. The number of hydrogen-bond acceptors (Lipinski definition) is 4. The fraction of sp³-hybridized carbons (Fsp3) is 0.789. The van der Waals surface area contributed by atoms with Gasteiger partial charge in [0.15, 0.2) is 0 Å². The third-order valence-electron chi connectivity index (χ3n) is 4.23. The minimum Gasteiger partial charge on any atom is -0.465 e. The van der Waals surface area contributed by atoms with Crippen molar-refractivity contribution in [3.05, 3.63) is 12.2 Å². The number of allylic oxidation sites excluding steroid dienone is 1. The van der Waals surface area contributed by atoms with Gasteiger partial charge in [0.25, 0.3) is 0 Å². The first kappa shape index (κ1) is 19.7. The Kier molecular flexibility index (Phi) is 10.4. The summed E-state index contributed by atoms with van der Waals surface area (Å²) in [5.41, 5.74) is 0. The number of hydrogen-bond donors (Lipinski definition) is 0. The number of rotatable bonds is 12. The van der Waals surface area contributed by atoms with Gasteiger partial charge in [0.2, 0.25) is 0 Å². The average Bonchev–Trinajstić information content (AvgIpc) is 3.04. The van der Waals surface area contributed by atoms with Gasteiger partial charge >= 0.3 is 11.9 Å². The Labute approximate surface area is 140 Å². The Morgan fingerprint density at radius 3 is 2.00 bits per heavy atom. The summed E-state index contributed by atoms with van der Waals surface area (Å²) in [7, 11) is 0. The zero-order chi connectivity index (χ0) is 16.9. The molecule has 4 heteroatoms. The fourth-order valence-corrected chi connectivity index (χ4v) is 2.74. The molecule has 0 bridgehead atoms. The molecule has 23 heavy (non-hydrogen) atoms. The van der Waals surface area contributed by atoms with E-state index >= 15 is 0 Å². The highest BCUT2D eigenvalue weighted by Crippen LogP contribution is 2.28. The highest BCUT2D eigenvalue weighted by molar-refractivity contribution is 5.84. The van der Waals surface area contributed by atoms with E-state index in [9.17, 15) is 9.59 Å². The highest BCUT2D eigenvalue weighted by Gasteiger charge is 2.36. The van der Waals surface area contributed by atoms with E-state index in [1.54, 1.807) is 6.08 Å². The maximum absolute atomic E-state index is 12.1. The van der Waals surface area contributed by atoms with Crippen molar-refractivity contribution >= 4 is 11.9 Å². The molecular weight excluding hydrogens is 292 g/mol. The maximum atomic E-state index is 12.1. The molecule has 1 rings (SSSR count). The first-order valence-corrected chi connectivity index (χ1v) is 9.20. The molecule has 0 aromatic heterocycles. The van der Waals surface area contributed by atoms with Crippen LogP contribution in [-0.4, -0.2) is 25.2 Å². The third kappa shape index (κ3) is 7.67. The Morgan fingerprint density at radius 1 is 0.870 bits per heavy atom. The molecule has 0 fully saturated rings.